The van der Waals surface area contributed by atoms with E-state index >= 15 is 0 Å². The van der Waals surface area contributed by atoms with Gasteiger partial charge in [-0.25, -0.2) is 9.50 Å². The molecule has 1 aliphatic rings. The first-order valence-corrected chi connectivity index (χ1v) is 7.81. The van der Waals surface area contributed by atoms with Crippen LogP contribution in [0.1, 0.15) is 37.3 Å². The van der Waals surface area contributed by atoms with Gasteiger partial charge in [-0.3, -0.25) is 0 Å². The van der Waals surface area contributed by atoms with Crippen molar-refractivity contribution in [2.75, 3.05) is 31.3 Å². The summed E-state index contributed by atoms with van der Waals surface area (Å²) in [4.78, 5) is 4.78. The molecule has 7 heteroatoms. The van der Waals surface area contributed by atoms with Crippen LogP contribution in [-0.4, -0.2) is 40.9 Å². The average molecular weight is 304 g/mol. The number of nitrogens with two attached hydrogens (primary N) is 2. The normalized spacial score (nSPS) is 22.1. The summed E-state index contributed by atoms with van der Waals surface area (Å²) in [6.07, 6.45) is 6.30. The smallest absolute Gasteiger partial charge is 0.177 e. The number of nitrogens with one attached hydrogen (secondary N) is 1. The van der Waals surface area contributed by atoms with Crippen molar-refractivity contribution in [3.63, 3.8) is 0 Å². The lowest BCUT2D eigenvalue weighted by Gasteiger charge is -2.24. The number of hydrogen-bond donors (Lipinski definition) is 3. The molecular formula is C15H24N6O. The van der Waals surface area contributed by atoms with Gasteiger partial charge in [0, 0.05) is 31.7 Å². The van der Waals surface area contributed by atoms with Gasteiger partial charge in [0.1, 0.15) is 5.82 Å². The number of methoxy groups -OCH3 is 1. The maximum atomic E-state index is 5.99. The van der Waals surface area contributed by atoms with Crippen molar-refractivity contribution in [2.24, 2.45) is 5.73 Å². The number of imidazole rings is 1. The number of fused-ring (bicyclic) bond motifs is 1. The summed E-state index contributed by atoms with van der Waals surface area (Å²) in [5.41, 5.74) is 14.7. The minimum Gasteiger partial charge on any atom is -0.383 e. The maximum absolute atomic E-state index is 5.99. The van der Waals surface area contributed by atoms with E-state index in [9.17, 15) is 0 Å². The Hall–Kier alpha value is -1.86. The fourth-order valence-electron chi connectivity index (χ4n) is 3.04. The number of nitrogen functional groups attached to an aromatic ring is 1. The topological polar surface area (TPSA) is 103 Å². The molecule has 0 radical (unpaired) electrons. The van der Waals surface area contributed by atoms with E-state index in [-0.39, 0.29) is 0 Å². The van der Waals surface area contributed by atoms with Crippen LogP contribution >= 0.6 is 0 Å². The summed E-state index contributed by atoms with van der Waals surface area (Å²) >= 11 is 0. The largest absolute Gasteiger partial charge is 0.383 e. The van der Waals surface area contributed by atoms with E-state index in [1.807, 2.05) is 12.3 Å². The standard InChI is InChI=1S/C15H24N6O/c1-22-7-6-18-12-8-14(17)20-21-9-13(19-15(12)21)10-2-4-11(16)5-3-10/h8-11,18H,2-7,16H2,1H3,(H2,17,20). The van der Waals surface area contributed by atoms with Crippen LogP contribution in [0.2, 0.25) is 0 Å². The van der Waals surface area contributed by atoms with Crippen molar-refractivity contribution in [1.82, 2.24) is 14.6 Å². The second-order valence-electron chi connectivity index (χ2n) is 5.95. The molecule has 1 aliphatic carbocycles. The van der Waals surface area contributed by atoms with Crippen molar-refractivity contribution in [1.29, 1.82) is 0 Å². The van der Waals surface area contributed by atoms with Crippen LogP contribution in [-0.2, 0) is 4.74 Å². The number of nitrogens with zero attached hydrogens (tertiary/aromatic N) is 3. The van der Waals surface area contributed by atoms with Crippen molar-refractivity contribution in [2.45, 2.75) is 37.6 Å². The second-order valence-corrected chi connectivity index (χ2v) is 5.95. The Morgan fingerprint density at radius 2 is 2.14 bits per heavy atom. The first kappa shape index (κ1) is 15.1. The van der Waals surface area contributed by atoms with Crippen LogP contribution in [0.25, 0.3) is 5.65 Å². The molecule has 0 saturated heterocycles. The molecule has 0 spiro atoms. The Kier molecular flexibility index (Phi) is 4.44. The van der Waals surface area contributed by atoms with Gasteiger partial charge in [0.15, 0.2) is 5.65 Å². The van der Waals surface area contributed by atoms with Crippen LogP contribution in [0.3, 0.4) is 0 Å². The van der Waals surface area contributed by atoms with Gasteiger partial charge in [-0.2, -0.15) is 0 Å². The van der Waals surface area contributed by atoms with Gasteiger partial charge >= 0.3 is 0 Å². The zero-order chi connectivity index (χ0) is 15.5. The minimum atomic E-state index is 0.341. The molecule has 0 bridgehead atoms. The van der Waals surface area contributed by atoms with E-state index in [1.54, 1.807) is 11.6 Å². The van der Waals surface area contributed by atoms with Crippen molar-refractivity contribution >= 4 is 17.2 Å². The third kappa shape index (κ3) is 3.15. The van der Waals surface area contributed by atoms with Gasteiger partial charge < -0.3 is 21.5 Å². The van der Waals surface area contributed by atoms with E-state index in [2.05, 4.69) is 10.4 Å². The Balaban J connectivity index is 1.86. The first-order valence-electron chi connectivity index (χ1n) is 7.81. The molecule has 0 unspecified atom stereocenters. The van der Waals surface area contributed by atoms with E-state index in [0.717, 1.165) is 42.7 Å². The highest BCUT2D eigenvalue weighted by molar-refractivity contribution is 5.70. The Bertz CT molecular complexity index is 632. The second kappa shape index (κ2) is 6.50. The van der Waals surface area contributed by atoms with Crippen LogP contribution in [0.5, 0.6) is 0 Å². The molecule has 0 atom stereocenters. The van der Waals surface area contributed by atoms with Crippen molar-refractivity contribution in [3.8, 4) is 0 Å². The summed E-state index contributed by atoms with van der Waals surface area (Å²) in [6, 6.07) is 2.16. The summed E-state index contributed by atoms with van der Waals surface area (Å²) in [5.74, 6) is 0.941. The van der Waals surface area contributed by atoms with E-state index in [0.29, 0.717) is 30.9 Å². The van der Waals surface area contributed by atoms with Gasteiger partial charge in [0.05, 0.1) is 24.2 Å². The molecule has 120 valence electrons. The summed E-state index contributed by atoms with van der Waals surface area (Å²) in [5, 5.41) is 7.64. The third-order valence-electron chi connectivity index (χ3n) is 4.27. The summed E-state index contributed by atoms with van der Waals surface area (Å²) < 4.78 is 6.84. The van der Waals surface area contributed by atoms with Crippen LogP contribution in [0, 0.1) is 0 Å². The SMILES string of the molecule is COCCNc1cc(N)nn2cc(C3CCC(N)CC3)nc12. The number of rotatable bonds is 5. The highest BCUT2D eigenvalue weighted by atomic mass is 16.5. The molecule has 22 heavy (non-hydrogen) atoms. The fraction of sp³-hybridized carbons (Fsp3) is 0.600. The molecule has 2 heterocycles. The highest BCUT2D eigenvalue weighted by Gasteiger charge is 2.23. The molecule has 0 amide bonds. The number of aromatic nitrogens is 3. The molecule has 1 saturated carbocycles. The molecule has 2 aromatic rings. The lowest BCUT2D eigenvalue weighted by molar-refractivity contribution is 0.211. The number of ether oxygens (including phenoxy) is 1. The van der Waals surface area contributed by atoms with Gasteiger partial charge in [0.25, 0.3) is 0 Å². The first-order chi connectivity index (χ1) is 10.7. The zero-order valence-corrected chi connectivity index (χ0v) is 13.0. The van der Waals surface area contributed by atoms with E-state index in [1.165, 1.54) is 0 Å². The van der Waals surface area contributed by atoms with Gasteiger partial charge in [-0.15, -0.1) is 5.10 Å². The third-order valence-corrected chi connectivity index (χ3v) is 4.27. The molecule has 5 N–H and O–H groups in total. The molecule has 0 aliphatic heterocycles. The quantitative estimate of drug-likeness (QED) is 0.721. The number of hydrogen-bond acceptors (Lipinski definition) is 6. The van der Waals surface area contributed by atoms with Crippen LogP contribution < -0.4 is 16.8 Å². The van der Waals surface area contributed by atoms with Crippen LogP contribution in [0.4, 0.5) is 11.5 Å². The molecule has 1 fully saturated rings. The van der Waals surface area contributed by atoms with Crippen molar-refractivity contribution < 1.29 is 4.74 Å². The monoisotopic (exact) mass is 304 g/mol. The van der Waals surface area contributed by atoms with Gasteiger partial charge in [-0.1, -0.05) is 0 Å². The summed E-state index contributed by atoms with van der Waals surface area (Å²) in [6.45, 7) is 1.33. The molecule has 0 aromatic carbocycles. The van der Waals surface area contributed by atoms with E-state index < -0.39 is 0 Å². The molecule has 7 nitrogen and oxygen atoms in total. The maximum Gasteiger partial charge on any atom is 0.177 e. The molecular weight excluding hydrogens is 280 g/mol. The predicted octanol–water partition coefficient (Wildman–Crippen LogP) is 1.35. The number of anilines is 2. The highest BCUT2D eigenvalue weighted by Crippen LogP contribution is 2.32. The van der Waals surface area contributed by atoms with Gasteiger partial charge in [-0.05, 0) is 25.7 Å². The Morgan fingerprint density at radius 3 is 2.86 bits per heavy atom. The van der Waals surface area contributed by atoms with Crippen LogP contribution in [0.15, 0.2) is 12.3 Å². The lowest BCUT2D eigenvalue weighted by Crippen LogP contribution is -2.25. The molecule has 3 rings (SSSR count). The minimum absolute atomic E-state index is 0.341. The van der Waals surface area contributed by atoms with E-state index in [4.69, 9.17) is 21.2 Å². The van der Waals surface area contributed by atoms with Crippen molar-refractivity contribution in [3.05, 3.63) is 18.0 Å². The Labute approximate surface area is 130 Å². The predicted molar refractivity (Wildman–Crippen MR) is 86.9 cm³/mol. The Morgan fingerprint density at radius 1 is 1.36 bits per heavy atom. The summed E-state index contributed by atoms with van der Waals surface area (Å²) in [7, 11) is 1.68. The average Bonchev–Trinajstić information content (AvgIpc) is 2.92. The lowest BCUT2D eigenvalue weighted by atomic mass is 9.85. The fourth-order valence-corrected chi connectivity index (χ4v) is 3.04. The van der Waals surface area contributed by atoms with Gasteiger partial charge in [0.2, 0.25) is 0 Å². The zero-order valence-electron chi connectivity index (χ0n) is 13.0. The molecule has 2 aromatic heterocycles.